The number of hydrogen-bond donors (Lipinski definition) is 2. The lowest BCUT2D eigenvalue weighted by atomic mass is 9.88. The highest BCUT2D eigenvalue weighted by Crippen LogP contribution is 2.24. The van der Waals surface area contributed by atoms with Gasteiger partial charge in [0.1, 0.15) is 6.61 Å². The molecular formula is C16H21ClF4N2O2. The molecule has 2 N–H and O–H groups in total. The van der Waals surface area contributed by atoms with E-state index in [0.29, 0.717) is 17.2 Å². The van der Waals surface area contributed by atoms with Gasteiger partial charge in [-0.25, -0.2) is 8.78 Å². The Labute approximate surface area is 149 Å². The van der Waals surface area contributed by atoms with Crippen molar-refractivity contribution in [3.8, 4) is 0 Å². The number of nitrogens with one attached hydrogen (secondary N) is 2. The molecule has 0 aliphatic carbocycles. The Morgan fingerprint density at radius 3 is 2.64 bits per heavy atom. The van der Waals surface area contributed by atoms with E-state index in [-0.39, 0.29) is 30.8 Å². The normalized spacial score (nSPS) is 16.1. The number of carbonyl (C=O) groups is 1. The molecule has 1 aliphatic heterocycles. The highest BCUT2D eigenvalue weighted by atomic mass is 35.5. The number of halogens is 5. The zero-order valence-corrected chi connectivity index (χ0v) is 14.4. The molecule has 1 aromatic carbocycles. The molecule has 0 spiro atoms. The Hall–Kier alpha value is -1.38. The van der Waals surface area contributed by atoms with Crippen LogP contribution < -0.4 is 10.6 Å². The monoisotopic (exact) mass is 384 g/mol. The molecule has 2 rings (SSSR count). The molecule has 1 atom stereocenters. The van der Waals surface area contributed by atoms with Crippen LogP contribution in [0, 0.1) is 11.8 Å². The molecule has 1 fully saturated rings. The summed E-state index contributed by atoms with van der Waals surface area (Å²) in [5, 5.41) is 5.87. The summed E-state index contributed by atoms with van der Waals surface area (Å²) >= 11 is 0. The van der Waals surface area contributed by atoms with Gasteiger partial charge in [-0.15, -0.1) is 12.4 Å². The van der Waals surface area contributed by atoms with Crippen molar-refractivity contribution >= 4 is 24.0 Å². The summed E-state index contributed by atoms with van der Waals surface area (Å²) in [7, 11) is 0. The fourth-order valence-electron chi connectivity index (χ4n) is 2.24. The first-order valence-corrected chi connectivity index (χ1v) is 7.64. The van der Waals surface area contributed by atoms with E-state index >= 15 is 0 Å². The molecular weight excluding hydrogens is 364 g/mol. The standard InChI is InChI=1S/C16H20F4N2O2.ClH/c1-10(12-6-21-7-12)14(23)22-13-4-2-3-11(5-13)8-24-9-16(19,20)15(17)18;/h2-5,10,12,15,21H,6-9H2,1H3,(H,22,23);1H. The topological polar surface area (TPSA) is 50.4 Å². The minimum absolute atomic E-state index is 0. The van der Waals surface area contributed by atoms with E-state index in [1.165, 1.54) is 0 Å². The lowest BCUT2D eigenvalue weighted by Crippen LogP contribution is -2.48. The van der Waals surface area contributed by atoms with Crippen LogP contribution in [0.2, 0.25) is 0 Å². The SMILES string of the molecule is CC(C(=O)Nc1cccc(COCC(F)(F)C(F)F)c1)C1CNC1.Cl. The minimum Gasteiger partial charge on any atom is -0.370 e. The van der Waals surface area contributed by atoms with Crippen LogP contribution in [-0.2, 0) is 16.1 Å². The van der Waals surface area contributed by atoms with E-state index in [4.69, 9.17) is 0 Å². The van der Waals surface area contributed by atoms with Crippen LogP contribution in [-0.4, -0.2) is 38.0 Å². The molecule has 0 radical (unpaired) electrons. The number of carbonyl (C=O) groups excluding carboxylic acids is 1. The maximum atomic E-state index is 12.8. The van der Waals surface area contributed by atoms with Crippen LogP contribution in [0.1, 0.15) is 12.5 Å². The molecule has 0 aromatic heterocycles. The van der Waals surface area contributed by atoms with Gasteiger partial charge in [-0.3, -0.25) is 4.79 Å². The highest BCUT2D eigenvalue weighted by Gasteiger charge is 2.40. The van der Waals surface area contributed by atoms with Crippen molar-refractivity contribution in [2.24, 2.45) is 11.8 Å². The summed E-state index contributed by atoms with van der Waals surface area (Å²) in [6.07, 6.45) is -3.76. The number of hydrogen-bond acceptors (Lipinski definition) is 3. The molecule has 1 amide bonds. The van der Waals surface area contributed by atoms with Gasteiger partial charge in [0, 0.05) is 11.6 Å². The molecule has 1 saturated heterocycles. The Bertz CT molecular complexity index is 571. The lowest BCUT2D eigenvalue weighted by molar-refractivity contribution is -0.168. The van der Waals surface area contributed by atoms with Gasteiger partial charge < -0.3 is 15.4 Å². The molecule has 0 saturated carbocycles. The maximum Gasteiger partial charge on any atom is 0.330 e. The van der Waals surface area contributed by atoms with E-state index < -0.39 is 19.0 Å². The van der Waals surface area contributed by atoms with Crippen LogP contribution in [0.15, 0.2) is 24.3 Å². The van der Waals surface area contributed by atoms with Crippen molar-refractivity contribution in [3.05, 3.63) is 29.8 Å². The number of benzene rings is 1. The van der Waals surface area contributed by atoms with Crippen molar-refractivity contribution < 1.29 is 27.1 Å². The van der Waals surface area contributed by atoms with Crippen LogP contribution in [0.25, 0.3) is 0 Å². The van der Waals surface area contributed by atoms with E-state index in [2.05, 4.69) is 15.4 Å². The average Bonchev–Trinajstić information content (AvgIpc) is 2.45. The van der Waals surface area contributed by atoms with Crippen LogP contribution in [0.5, 0.6) is 0 Å². The Kier molecular flexibility index (Phi) is 8.11. The molecule has 1 aliphatic rings. The van der Waals surface area contributed by atoms with Gasteiger partial charge in [-0.05, 0) is 36.7 Å². The van der Waals surface area contributed by atoms with Crippen LogP contribution >= 0.6 is 12.4 Å². The zero-order valence-electron chi connectivity index (χ0n) is 13.6. The Morgan fingerprint density at radius 1 is 1.40 bits per heavy atom. The Balaban J connectivity index is 0.00000312. The molecule has 142 valence electrons. The zero-order chi connectivity index (χ0) is 17.7. The maximum absolute atomic E-state index is 12.8. The predicted molar refractivity (Wildman–Crippen MR) is 88.5 cm³/mol. The summed E-state index contributed by atoms with van der Waals surface area (Å²) in [6, 6.07) is 6.48. The summed E-state index contributed by atoms with van der Waals surface area (Å²) in [6.45, 7) is 1.86. The Morgan fingerprint density at radius 2 is 2.08 bits per heavy atom. The second-order valence-corrected chi connectivity index (χ2v) is 5.95. The molecule has 0 bridgehead atoms. The van der Waals surface area contributed by atoms with E-state index in [0.717, 1.165) is 13.1 Å². The third-order valence-electron chi connectivity index (χ3n) is 4.01. The first-order valence-electron chi connectivity index (χ1n) is 7.64. The van der Waals surface area contributed by atoms with Gasteiger partial charge >= 0.3 is 12.3 Å². The van der Waals surface area contributed by atoms with Gasteiger partial charge in [-0.1, -0.05) is 19.1 Å². The minimum atomic E-state index is -4.17. The van der Waals surface area contributed by atoms with Crippen LogP contribution in [0.4, 0.5) is 23.2 Å². The summed E-state index contributed by atoms with van der Waals surface area (Å²) in [5.74, 6) is -4.13. The van der Waals surface area contributed by atoms with E-state index in [1.54, 1.807) is 24.3 Å². The molecule has 1 aromatic rings. The van der Waals surface area contributed by atoms with Gasteiger partial charge in [0.05, 0.1) is 6.61 Å². The van der Waals surface area contributed by atoms with Crippen molar-refractivity contribution in [1.82, 2.24) is 5.32 Å². The molecule has 25 heavy (non-hydrogen) atoms. The van der Waals surface area contributed by atoms with Crippen molar-refractivity contribution in [1.29, 1.82) is 0 Å². The average molecular weight is 385 g/mol. The van der Waals surface area contributed by atoms with Gasteiger partial charge in [0.2, 0.25) is 5.91 Å². The molecule has 1 unspecified atom stereocenters. The number of alkyl halides is 4. The van der Waals surface area contributed by atoms with E-state index in [1.807, 2.05) is 6.92 Å². The van der Waals surface area contributed by atoms with Gasteiger partial charge in [0.15, 0.2) is 0 Å². The largest absolute Gasteiger partial charge is 0.370 e. The highest BCUT2D eigenvalue weighted by molar-refractivity contribution is 5.92. The summed E-state index contributed by atoms with van der Waals surface area (Å²) in [5.41, 5.74) is 1.02. The van der Waals surface area contributed by atoms with Crippen LogP contribution in [0.3, 0.4) is 0 Å². The molecule has 9 heteroatoms. The number of anilines is 1. The summed E-state index contributed by atoms with van der Waals surface area (Å²) < 4.78 is 54.3. The van der Waals surface area contributed by atoms with Crippen molar-refractivity contribution in [2.45, 2.75) is 25.9 Å². The predicted octanol–water partition coefficient (Wildman–Crippen LogP) is 3.32. The second kappa shape index (κ2) is 9.35. The number of rotatable bonds is 8. The third-order valence-corrected chi connectivity index (χ3v) is 4.01. The van der Waals surface area contributed by atoms with Gasteiger partial charge in [0.25, 0.3) is 0 Å². The molecule has 4 nitrogen and oxygen atoms in total. The number of ether oxygens (including phenoxy) is 1. The fraction of sp³-hybridized carbons (Fsp3) is 0.562. The second-order valence-electron chi connectivity index (χ2n) is 5.95. The van der Waals surface area contributed by atoms with Crippen molar-refractivity contribution in [3.63, 3.8) is 0 Å². The van der Waals surface area contributed by atoms with Gasteiger partial charge in [-0.2, -0.15) is 8.78 Å². The number of amides is 1. The lowest BCUT2D eigenvalue weighted by Gasteiger charge is -2.31. The first-order chi connectivity index (χ1) is 11.3. The van der Waals surface area contributed by atoms with Crippen molar-refractivity contribution in [2.75, 3.05) is 25.0 Å². The first kappa shape index (κ1) is 21.7. The fourth-order valence-corrected chi connectivity index (χ4v) is 2.24. The smallest absolute Gasteiger partial charge is 0.330 e. The third kappa shape index (κ3) is 6.13. The summed E-state index contributed by atoms with van der Waals surface area (Å²) in [4.78, 5) is 12.1. The van der Waals surface area contributed by atoms with E-state index in [9.17, 15) is 22.4 Å². The molecule has 1 heterocycles. The quantitative estimate of drug-likeness (QED) is 0.676.